The number of aromatic nitrogens is 1. The minimum atomic E-state index is -0.493. The lowest BCUT2D eigenvalue weighted by molar-refractivity contribution is 0.0596. The molecule has 0 atom stereocenters. The van der Waals surface area contributed by atoms with Crippen molar-refractivity contribution in [3.63, 3.8) is 0 Å². The second-order valence-electron chi connectivity index (χ2n) is 4.10. The highest BCUT2D eigenvalue weighted by molar-refractivity contribution is 7.19. The zero-order chi connectivity index (χ0) is 14.5. The first kappa shape index (κ1) is 14.3. The number of hydrogen-bond donors (Lipinski definition) is 1. The van der Waals surface area contributed by atoms with Crippen molar-refractivity contribution in [2.75, 3.05) is 19.5 Å². The smallest absolute Gasteiger partial charge is 0.358 e. The molecular weight excluding hydrogens is 276 g/mol. The molecule has 0 radical (unpaired) electrons. The highest BCUT2D eigenvalue weighted by Gasteiger charge is 2.19. The monoisotopic (exact) mass is 292 g/mol. The Balaban J connectivity index is 2.38. The van der Waals surface area contributed by atoms with E-state index >= 15 is 0 Å². The van der Waals surface area contributed by atoms with E-state index in [0.717, 1.165) is 17.7 Å². The van der Waals surface area contributed by atoms with Gasteiger partial charge in [-0.25, -0.2) is 9.78 Å². The SMILES string of the molecule is CCCOc1cccc(-c2sc(N)nc2C(=O)OC)c1. The number of esters is 1. The van der Waals surface area contributed by atoms with Crippen molar-refractivity contribution in [1.29, 1.82) is 0 Å². The standard InChI is InChI=1S/C14H16N2O3S/c1-3-7-19-10-6-4-5-9(8-10)12-11(13(17)18-2)16-14(15)20-12/h4-6,8H,3,7H2,1-2H3,(H2,15,16). The lowest BCUT2D eigenvalue weighted by Crippen LogP contribution is -2.03. The molecule has 2 N–H and O–H groups in total. The summed E-state index contributed by atoms with van der Waals surface area (Å²) in [6.07, 6.45) is 0.936. The Bertz CT molecular complexity index is 610. The lowest BCUT2D eigenvalue weighted by Gasteiger charge is -2.06. The first-order chi connectivity index (χ1) is 9.65. The van der Waals surface area contributed by atoms with Gasteiger partial charge in [-0.2, -0.15) is 0 Å². The number of carbonyl (C=O) groups excluding carboxylic acids is 1. The van der Waals surface area contributed by atoms with Crippen molar-refractivity contribution in [1.82, 2.24) is 4.98 Å². The molecule has 20 heavy (non-hydrogen) atoms. The van der Waals surface area contributed by atoms with Crippen LogP contribution in [0.3, 0.4) is 0 Å². The number of anilines is 1. The van der Waals surface area contributed by atoms with Gasteiger partial charge in [0, 0.05) is 0 Å². The van der Waals surface area contributed by atoms with E-state index in [2.05, 4.69) is 4.98 Å². The van der Waals surface area contributed by atoms with Crippen LogP contribution in [-0.4, -0.2) is 24.7 Å². The van der Waals surface area contributed by atoms with E-state index in [1.165, 1.54) is 18.4 Å². The number of nitrogen functional groups attached to an aromatic ring is 1. The van der Waals surface area contributed by atoms with Crippen LogP contribution in [-0.2, 0) is 4.74 Å². The van der Waals surface area contributed by atoms with Crippen LogP contribution in [0.25, 0.3) is 10.4 Å². The summed E-state index contributed by atoms with van der Waals surface area (Å²) >= 11 is 1.25. The molecule has 0 fully saturated rings. The van der Waals surface area contributed by atoms with Gasteiger partial charge in [0.25, 0.3) is 0 Å². The highest BCUT2D eigenvalue weighted by atomic mass is 32.1. The molecule has 1 heterocycles. The van der Waals surface area contributed by atoms with Crippen LogP contribution < -0.4 is 10.5 Å². The minimum absolute atomic E-state index is 0.239. The van der Waals surface area contributed by atoms with Crippen LogP contribution >= 0.6 is 11.3 Å². The number of ether oxygens (including phenoxy) is 2. The van der Waals surface area contributed by atoms with E-state index in [-0.39, 0.29) is 5.69 Å². The quantitative estimate of drug-likeness (QED) is 0.857. The van der Waals surface area contributed by atoms with Crippen molar-refractivity contribution < 1.29 is 14.3 Å². The predicted octanol–water partition coefficient (Wildman–Crippen LogP) is 2.97. The van der Waals surface area contributed by atoms with Gasteiger partial charge in [0.1, 0.15) is 5.75 Å². The molecule has 6 heteroatoms. The molecule has 0 aliphatic carbocycles. The number of carbonyl (C=O) groups is 1. The lowest BCUT2D eigenvalue weighted by atomic mass is 10.1. The molecule has 0 saturated heterocycles. The zero-order valence-electron chi connectivity index (χ0n) is 11.4. The van der Waals surface area contributed by atoms with Crippen molar-refractivity contribution >= 4 is 22.4 Å². The molecule has 106 valence electrons. The van der Waals surface area contributed by atoms with Gasteiger partial charge in [0.2, 0.25) is 0 Å². The average Bonchev–Trinajstić information content (AvgIpc) is 2.86. The Labute approximate surface area is 121 Å². The molecule has 1 aromatic heterocycles. The third-order valence-corrected chi connectivity index (χ3v) is 3.53. The van der Waals surface area contributed by atoms with Crippen LogP contribution in [0.5, 0.6) is 5.75 Å². The van der Waals surface area contributed by atoms with E-state index in [1.807, 2.05) is 31.2 Å². The fourth-order valence-electron chi connectivity index (χ4n) is 1.71. The summed E-state index contributed by atoms with van der Waals surface area (Å²) in [7, 11) is 1.32. The number of methoxy groups -OCH3 is 1. The van der Waals surface area contributed by atoms with Gasteiger partial charge >= 0.3 is 5.97 Å². The Hall–Kier alpha value is -2.08. The van der Waals surface area contributed by atoms with Gasteiger partial charge in [0.05, 0.1) is 18.6 Å². The maximum atomic E-state index is 11.7. The summed E-state index contributed by atoms with van der Waals surface area (Å²) in [4.78, 5) is 16.4. The molecule has 0 amide bonds. The van der Waals surface area contributed by atoms with Gasteiger partial charge in [-0.3, -0.25) is 0 Å². The van der Waals surface area contributed by atoms with E-state index in [9.17, 15) is 4.79 Å². The first-order valence-electron chi connectivity index (χ1n) is 6.23. The normalized spacial score (nSPS) is 10.3. The second kappa shape index (κ2) is 6.38. The summed E-state index contributed by atoms with van der Waals surface area (Å²) in [6, 6.07) is 7.51. The first-order valence-corrected chi connectivity index (χ1v) is 7.05. The molecule has 0 bridgehead atoms. The zero-order valence-corrected chi connectivity index (χ0v) is 12.2. The summed E-state index contributed by atoms with van der Waals surface area (Å²) in [5.41, 5.74) is 6.78. The molecule has 0 unspecified atom stereocenters. The Kier molecular flexibility index (Phi) is 4.57. The summed E-state index contributed by atoms with van der Waals surface area (Å²) in [5, 5.41) is 0.334. The Morgan fingerprint density at radius 1 is 1.45 bits per heavy atom. The Morgan fingerprint density at radius 2 is 2.25 bits per heavy atom. The largest absolute Gasteiger partial charge is 0.494 e. The van der Waals surface area contributed by atoms with E-state index in [0.29, 0.717) is 16.6 Å². The van der Waals surface area contributed by atoms with Crippen LogP contribution in [0.15, 0.2) is 24.3 Å². The van der Waals surface area contributed by atoms with Gasteiger partial charge in [-0.05, 0) is 24.1 Å². The van der Waals surface area contributed by atoms with Crippen LogP contribution in [0.1, 0.15) is 23.8 Å². The third-order valence-electron chi connectivity index (χ3n) is 2.59. The van der Waals surface area contributed by atoms with Crippen molar-refractivity contribution in [3.8, 4) is 16.2 Å². The fraction of sp³-hybridized carbons (Fsp3) is 0.286. The number of thiazole rings is 1. The molecule has 2 aromatic rings. The molecule has 1 aromatic carbocycles. The molecular formula is C14H16N2O3S. The summed E-state index contributed by atoms with van der Waals surface area (Å²) in [6.45, 7) is 2.70. The van der Waals surface area contributed by atoms with E-state index in [1.54, 1.807) is 0 Å². The molecule has 5 nitrogen and oxygen atoms in total. The predicted molar refractivity (Wildman–Crippen MR) is 79.1 cm³/mol. The van der Waals surface area contributed by atoms with Gasteiger partial charge in [-0.15, -0.1) is 0 Å². The fourth-order valence-corrected chi connectivity index (χ4v) is 2.53. The molecule has 2 rings (SSSR count). The minimum Gasteiger partial charge on any atom is -0.494 e. The molecule has 0 saturated carbocycles. The molecule has 0 aliphatic rings. The van der Waals surface area contributed by atoms with Crippen molar-refractivity contribution in [2.24, 2.45) is 0 Å². The number of nitrogens with two attached hydrogens (primary N) is 1. The summed E-state index contributed by atoms with van der Waals surface area (Å²) in [5.74, 6) is 0.264. The second-order valence-corrected chi connectivity index (χ2v) is 5.13. The maximum absolute atomic E-state index is 11.7. The highest BCUT2D eigenvalue weighted by Crippen LogP contribution is 2.33. The van der Waals surface area contributed by atoms with E-state index in [4.69, 9.17) is 15.2 Å². The molecule has 0 spiro atoms. The Morgan fingerprint density at radius 3 is 2.95 bits per heavy atom. The van der Waals surface area contributed by atoms with E-state index < -0.39 is 5.97 Å². The number of nitrogens with zero attached hydrogens (tertiary/aromatic N) is 1. The maximum Gasteiger partial charge on any atom is 0.358 e. The van der Waals surface area contributed by atoms with Gasteiger partial charge in [-0.1, -0.05) is 30.4 Å². The topological polar surface area (TPSA) is 74.4 Å². The number of rotatable bonds is 5. The summed E-state index contributed by atoms with van der Waals surface area (Å²) < 4.78 is 10.3. The number of benzene rings is 1. The molecule has 0 aliphatic heterocycles. The van der Waals surface area contributed by atoms with Crippen LogP contribution in [0.4, 0.5) is 5.13 Å². The van der Waals surface area contributed by atoms with Crippen molar-refractivity contribution in [2.45, 2.75) is 13.3 Å². The van der Waals surface area contributed by atoms with Crippen LogP contribution in [0, 0.1) is 0 Å². The van der Waals surface area contributed by atoms with Gasteiger partial charge < -0.3 is 15.2 Å². The number of hydrogen-bond acceptors (Lipinski definition) is 6. The third kappa shape index (κ3) is 3.08. The van der Waals surface area contributed by atoms with Crippen molar-refractivity contribution in [3.05, 3.63) is 30.0 Å². The van der Waals surface area contributed by atoms with Gasteiger partial charge in [0.15, 0.2) is 10.8 Å². The van der Waals surface area contributed by atoms with Crippen LogP contribution in [0.2, 0.25) is 0 Å². The average molecular weight is 292 g/mol.